The predicted molar refractivity (Wildman–Crippen MR) is 56.6 cm³/mol. The first-order valence-corrected chi connectivity index (χ1v) is 5.00. The fraction of sp³-hybridized carbons (Fsp3) is 0.333. The van der Waals surface area contributed by atoms with Gasteiger partial charge in [-0.15, -0.1) is 0 Å². The Bertz CT molecular complexity index is 330. The number of carbonyl (C=O) groups excluding carboxylic acids is 1. The number of hydrogen-bond acceptors (Lipinski definition) is 2. The highest BCUT2D eigenvalue weighted by molar-refractivity contribution is 6.32. The van der Waals surface area contributed by atoms with Gasteiger partial charge in [0.05, 0.1) is 0 Å². The molecule has 80 valence electrons. The Morgan fingerprint density at radius 2 is 1.73 bits per heavy atom. The number of benzene rings is 1. The van der Waals surface area contributed by atoms with Gasteiger partial charge in [-0.05, 0) is 24.8 Å². The molecule has 0 heterocycles. The average Bonchev–Trinajstić information content (AvgIpc) is 2.25. The molecule has 0 aliphatic heterocycles. The molecule has 0 amide bonds. The number of ketones is 1. The molecule has 1 aromatic rings. The summed E-state index contributed by atoms with van der Waals surface area (Å²) in [4.78, 5) is 21.0. The molecule has 1 N–H and O–H groups in total. The predicted octanol–water partition coefficient (Wildman–Crippen LogP) is 2.05. The Labute approximate surface area is 88.7 Å². The summed E-state index contributed by atoms with van der Waals surface area (Å²) in [6.45, 7) is 0. The molecule has 0 aliphatic rings. The van der Waals surface area contributed by atoms with Gasteiger partial charge in [0.25, 0.3) is 0 Å². The lowest BCUT2D eigenvalue weighted by molar-refractivity contribution is -0.149. The summed E-state index contributed by atoms with van der Waals surface area (Å²) < 4.78 is 0. The monoisotopic (exact) mass is 206 g/mol. The minimum atomic E-state index is -1.32. The van der Waals surface area contributed by atoms with E-state index < -0.39 is 11.8 Å². The minimum Gasteiger partial charge on any atom is -0.476 e. The lowest BCUT2D eigenvalue weighted by Crippen LogP contribution is -2.11. The van der Waals surface area contributed by atoms with E-state index in [0.29, 0.717) is 6.42 Å². The number of carboxylic acids is 1. The van der Waals surface area contributed by atoms with E-state index in [1.165, 1.54) is 5.56 Å². The lowest BCUT2D eigenvalue weighted by Gasteiger charge is -1.99. The van der Waals surface area contributed by atoms with Gasteiger partial charge < -0.3 is 5.11 Å². The first-order chi connectivity index (χ1) is 7.20. The summed E-state index contributed by atoms with van der Waals surface area (Å²) in [6.07, 6.45) is 2.53. The van der Waals surface area contributed by atoms with Gasteiger partial charge in [-0.1, -0.05) is 30.3 Å². The minimum absolute atomic E-state index is 0.141. The smallest absolute Gasteiger partial charge is 0.372 e. The molecule has 15 heavy (non-hydrogen) atoms. The molecule has 0 aliphatic carbocycles. The van der Waals surface area contributed by atoms with Crippen LogP contribution in [-0.2, 0) is 16.0 Å². The van der Waals surface area contributed by atoms with Crippen LogP contribution < -0.4 is 0 Å². The standard InChI is InChI=1S/C12H14O3/c13-11(12(14)15)9-5-4-8-10-6-2-1-3-7-10/h1-3,6-7H,4-5,8-9H2,(H,14,15). The molecule has 0 saturated carbocycles. The van der Waals surface area contributed by atoms with Gasteiger partial charge in [-0.3, -0.25) is 4.79 Å². The molecular weight excluding hydrogens is 192 g/mol. The number of aliphatic carboxylic acids is 1. The van der Waals surface area contributed by atoms with Gasteiger partial charge in [-0.25, -0.2) is 4.79 Å². The number of carboxylic acid groups (broad SMARTS) is 1. The van der Waals surface area contributed by atoms with Gasteiger partial charge in [-0.2, -0.15) is 0 Å². The maximum Gasteiger partial charge on any atom is 0.372 e. The third-order valence-corrected chi connectivity index (χ3v) is 2.20. The van der Waals surface area contributed by atoms with Gasteiger partial charge in [0.2, 0.25) is 5.78 Å². The van der Waals surface area contributed by atoms with Crippen LogP contribution in [0, 0.1) is 0 Å². The third-order valence-electron chi connectivity index (χ3n) is 2.20. The van der Waals surface area contributed by atoms with Crippen molar-refractivity contribution in [2.75, 3.05) is 0 Å². The second-order valence-corrected chi connectivity index (χ2v) is 3.42. The number of rotatable bonds is 6. The SMILES string of the molecule is O=C(O)C(=O)CCCCc1ccccc1. The van der Waals surface area contributed by atoms with Crippen molar-refractivity contribution in [3.05, 3.63) is 35.9 Å². The van der Waals surface area contributed by atoms with Crippen molar-refractivity contribution in [3.63, 3.8) is 0 Å². The molecule has 0 bridgehead atoms. The summed E-state index contributed by atoms with van der Waals surface area (Å²) in [6, 6.07) is 9.95. The Kier molecular flexibility index (Phi) is 4.54. The molecule has 1 rings (SSSR count). The van der Waals surface area contributed by atoms with Crippen LogP contribution in [0.15, 0.2) is 30.3 Å². The van der Waals surface area contributed by atoms with Crippen LogP contribution in [0.25, 0.3) is 0 Å². The highest BCUT2D eigenvalue weighted by Crippen LogP contribution is 2.06. The molecule has 0 atom stereocenters. The maximum absolute atomic E-state index is 10.8. The average molecular weight is 206 g/mol. The molecule has 0 unspecified atom stereocenters. The van der Waals surface area contributed by atoms with Crippen molar-refractivity contribution in [2.24, 2.45) is 0 Å². The molecular formula is C12H14O3. The van der Waals surface area contributed by atoms with Crippen LogP contribution in [-0.4, -0.2) is 16.9 Å². The topological polar surface area (TPSA) is 54.4 Å². The van der Waals surface area contributed by atoms with Crippen molar-refractivity contribution in [1.82, 2.24) is 0 Å². The van der Waals surface area contributed by atoms with Crippen molar-refractivity contribution in [2.45, 2.75) is 25.7 Å². The molecule has 3 nitrogen and oxygen atoms in total. The number of hydrogen-bond donors (Lipinski definition) is 1. The molecule has 0 spiro atoms. The Balaban J connectivity index is 2.18. The van der Waals surface area contributed by atoms with Gasteiger partial charge in [0, 0.05) is 6.42 Å². The summed E-state index contributed by atoms with van der Waals surface area (Å²) in [5.41, 5.74) is 1.22. The molecule has 0 aromatic heterocycles. The van der Waals surface area contributed by atoms with Crippen LogP contribution in [0.1, 0.15) is 24.8 Å². The van der Waals surface area contributed by atoms with Gasteiger partial charge in [0.15, 0.2) is 0 Å². The van der Waals surface area contributed by atoms with Crippen molar-refractivity contribution < 1.29 is 14.7 Å². The number of aryl methyl sites for hydroxylation is 1. The largest absolute Gasteiger partial charge is 0.476 e. The van der Waals surface area contributed by atoms with E-state index in [9.17, 15) is 9.59 Å². The summed E-state index contributed by atoms with van der Waals surface area (Å²) in [5.74, 6) is -2.02. The highest BCUT2D eigenvalue weighted by atomic mass is 16.4. The zero-order chi connectivity index (χ0) is 11.1. The zero-order valence-corrected chi connectivity index (χ0v) is 8.48. The quantitative estimate of drug-likeness (QED) is 0.572. The van der Waals surface area contributed by atoms with E-state index in [1.54, 1.807) is 0 Å². The van der Waals surface area contributed by atoms with Crippen LogP contribution >= 0.6 is 0 Å². The summed E-state index contributed by atoms with van der Waals surface area (Å²) in [5, 5.41) is 8.35. The van der Waals surface area contributed by atoms with Crippen molar-refractivity contribution >= 4 is 11.8 Å². The Morgan fingerprint density at radius 3 is 2.33 bits per heavy atom. The van der Waals surface area contributed by atoms with Crippen molar-refractivity contribution in [3.8, 4) is 0 Å². The zero-order valence-electron chi connectivity index (χ0n) is 8.48. The first-order valence-electron chi connectivity index (χ1n) is 5.00. The fourth-order valence-electron chi connectivity index (χ4n) is 1.37. The summed E-state index contributed by atoms with van der Waals surface area (Å²) in [7, 11) is 0. The van der Waals surface area contributed by atoms with Crippen LogP contribution in [0.4, 0.5) is 0 Å². The number of Topliss-reactive ketones (excluding diaryl/α,β-unsaturated/α-hetero) is 1. The van der Waals surface area contributed by atoms with Gasteiger partial charge in [0.1, 0.15) is 0 Å². The molecule has 3 heteroatoms. The fourth-order valence-corrected chi connectivity index (χ4v) is 1.37. The first kappa shape index (κ1) is 11.4. The van der Waals surface area contributed by atoms with Crippen LogP contribution in [0.5, 0.6) is 0 Å². The second kappa shape index (κ2) is 5.96. The van der Waals surface area contributed by atoms with Crippen LogP contribution in [0.3, 0.4) is 0 Å². The van der Waals surface area contributed by atoms with Crippen molar-refractivity contribution in [1.29, 1.82) is 0 Å². The number of unbranched alkanes of at least 4 members (excludes halogenated alkanes) is 1. The van der Waals surface area contributed by atoms with E-state index in [0.717, 1.165) is 12.8 Å². The van der Waals surface area contributed by atoms with E-state index in [4.69, 9.17) is 5.11 Å². The van der Waals surface area contributed by atoms with E-state index in [2.05, 4.69) is 0 Å². The second-order valence-electron chi connectivity index (χ2n) is 3.42. The lowest BCUT2D eigenvalue weighted by atomic mass is 10.1. The Morgan fingerprint density at radius 1 is 1.07 bits per heavy atom. The Hall–Kier alpha value is -1.64. The number of carbonyl (C=O) groups is 2. The molecule has 1 aromatic carbocycles. The highest BCUT2D eigenvalue weighted by Gasteiger charge is 2.09. The van der Waals surface area contributed by atoms with E-state index in [-0.39, 0.29) is 6.42 Å². The van der Waals surface area contributed by atoms with E-state index >= 15 is 0 Å². The summed E-state index contributed by atoms with van der Waals surface area (Å²) >= 11 is 0. The van der Waals surface area contributed by atoms with E-state index in [1.807, 2.05) is 30.3 Å². The van der Waals surface area contributed by atoms with Gasteiger partial charge >= 0.3 is 5.97 Å². The molecule has 0 fully saturated rings. The molecule has 0 saturated heterocycles. The normalized spacial score (nSPS) is 9.87. The molecule has 0 radical (unpaired) electrons. The third kappa shape index (κ3) is 4.40. The van der Waals surface area contributed by atoms with Crippen LogP contribution in [0.2, 0.25) is 0 Å². The maximum atomic E-state index is 10.8.